The summed E-state index contributed by atoms with van der Waals surface area (Å²) in [7, 11) is 0. The fourth-order valence-corrected chi connectivity index (χ4v) is 2.00. The molecule has 0 unspecified atom stereocenters. The molecule has 0 spiro atoms. The normalized spacial score (nSPS) is 10.0. The van der Waals surface area contributed by atoms with Crippen molar-refractivity contribution in [3.63, 3.8) is 0 Å². The van der Waals surface area contributed by atoms with Crippen LogP contribution in [-0.2, 0) is 0 Å². The Morgan fingerprint density at radius 3 is 2.88 bits per heavy atom. The summed E-state index contributed by atoms with van der Waals surface area (Å²) in [6.07, 6.45) is 2.26. The Morgan fingerprint density at radius 2 is 2.18 bits per heavy atom. The van der Waals surface area contributed by atoms with E-state index in [2.05, 4.69) is 20.9 Å². The lowest BCUT2D eigenvalue weighted by Crippen LogP contribution is -1.93. The van der Waals surface area contributed by atoms with E-state index in [1.54, 1.807) is 36.5 Å². The summed E-state index contributed by atoms with van der Waals surface area (Å²) >= 11 is 9.15. The summed E-state index contributed by atoms with van der Waals surface area (Å²) in [5, 5.41) is 0.598. The highest BCUT2D eigenvalue weighted by Gasteiger charge is 2.08. The predicted octanol–water partition coefficient (Wildman–Crippen LogP) is 4.10. The van der Waals surface area contributed by atoms with Crippen molar-refractivity contribution in [3.05, 3.63) is 51.6 Å². The van der Waals surface area contributed by atoms with E-state index in [4.69, 9.17) is 16.3 Å². The first-order valence-electron chi connectivity index (χ1n) is 4.74. The molecule has 17 heavy (non-hydrogen) atoms. The zero-order valence-corrected chi connectivity index (χ0v) is 10.9. The maximum absolute atomic E-state index is 10.8. The van der Waals surface area contributed by atoms with Gasteiger partial charge in [-0.2, -0.15) is 0 Å². The number of aromatic nitrogens is 1. The molecule has 0 N–H and O–H groups in total. The Morgan fingerprint density at radius 1 is 1.35 bits per heavy atom. The molecule has 1 aromatic heterocycles. The van der Waals surface area contributed by atoms with Gasteiger partial charge in [-0.3, -0.25) is 4.79 Å². The molecular formula is C12H7BrClNO2. The number of hydrogen-bond acceptors (Lipinski definition) is 3. The lowest BCUT2D eigenvalue weighted by molar-refractivity contribution is 0.112. The molecule has 0 aliphatic rings. The topological polar surface area (TPSA) is 39.2 Å². The lowest BCUT2D eigenvalue weighted by Gasteiger charge is -2.08. The highest BCUT2D eigenvalue weighted by atomic mass is 79.9. The maximum Gasteiger partial charge on any atom is 0.229 e. The molecule has 0 atom stereocenters. The monoisotopic (exact) mass is 311 g/mol. The van der Waals surface area contributed by atoms with Gasteiger partial charge in [0.25, 0.3) is 0 Å². The molecule has 0 aliphatic carbocycles. The van der Waals surface area contributed by atoms with E-state index in [9.17, 15) is 4.79 Å². The van der Waals surface area contributed by atoms with E-state index in [0.717, 1.165) is 0 Å². The third kappa shape index (κ3) is 2.84. The fraction of sp³-hybridized carbons (Fsp3) is 0. The van der Waals surface area contributed by atoms with E-state index < -0.39 is 0 Å². The summed E-state index contributed by atoms with van der Waals surface area (Å²) in [4.78, 5) is 14.8. The quantitative estimate of drug-likeness (QED) is 0.801. The minimum Gasteiger partial charge on any atom is -0.437 e. The molecule has 0 amide bonds. The summed E-state index contributed by atoms with van der Waals surface area (Å²) in [5.74, 6) is 0.821. The van der Waals surface area contributed by atoms with Crippen LogP contribution in [0, 0.1) is 0 Å². The Balaban J connectivity index is 2.34. The molecular weight excluding hydrogens is 305 g/mol. The van der Waals surface area contributed by atoms with E-state index in [1.165, 1.54) is 0 Å². The van der Waals surface area contributed by atoms with Gasteiger partial charge in [-0.1, -0.05) is 11.6 Å². The van der Waals surface area contributed by atoms with Gasteiger partial charge in [0.05, 0.1) is 10.0 Å². The van der Waals surface area contributed by atoms with Crippen molar-refractivity contribution in [2.24, 2.45) is 0 Å². The second kappa shape index (κ2) is 5.29. The SMILES string of the molecule is O=Cc1cccnc1Oc1ccc(Cl)cc1Br. The van der Waals surface area contributed by atoms with Crippen LogP contribution in [0.4, 0.5) is 0 Å². The molecule has 2 rings (SSSR count). The molecule has 2 aromatic rings. The summed E-state index contributed by atoms with van der Waals surface area (Å²) < 4.78 is 6.24. The van der Waals surface area contributed by atoms with Crippen molar-refractivity contribution in [2.45, 2.75) is 0 Å². The second-order valence-corrected chi connectivity index (χ2v) is 4.48. The van der Waals surface area contributed by atoms with Gasteiger partial charge in [0.2, 0.25) is 5.88 Å². The van der Waals surface area contributed by atoms with Crippen LogP contribution in [0.3, 0.4) is 0 Å². The molecule has 3 nitrogen and oxygen atoms in total. The number of hydrogen-bond donors (Lipinski definition) is 0. The van der Waals surface area contributed by atoms with Crippen molar-refractivity contribution in [2.75, 3.05) is 0 Å². The Kier molecular flexibility index (Phi) is 3.76. The highest BCUT2D eigenvalue weighted by molar-refractivity contribution is 9.10. The van der Waals surface area contributed by atoms with Crippen LogP contribution in [0.2, 0.25) is 5.02 Å². The van der Waals surface area contributed by atoms with E-state index >= 15 is 0 Å². The molecule has 0 aliphatic heterocycles. The van der Waals surface area contributed by atoms with Crippen LogP contribution in [0.1, 0.15) is 10.4 Å². The molecule has 0 fully saturated rings. The second-order valence-electron chi connectivity index (χ2n) is 3.19. The first kappa shape index (κ1) is 12.1. The number of carbonyl (C=O) groups excluding carboxylic acids is 1. The predicted molar refractivity (Wildman–Crippen MR) is 68.9 cm³/mol. The molecule has 0 radical (unpaired) electrons. The van der Waals surface area contributed by atoms with Crippen LogP contribution in [0.25, 0.3) is 0 Å². The number of pyridine rings is 1. The number of nitrogens with zero attached hydrogens (tertiary/aromatic N) is 1. The zero-order chi connectivity index (χ0) is 12.3. The van der Waals surface area contributed by atoms with Gasteiger partial charge in [-0.15, -0.1) is 0 Å². The number of benzene rings is 1. The largest absolute Gasteiger partial charge is 0.437 e. The Labute approximate surface area is 112 Å². The van der Waals surface area contributed by atoms with Gasteiger partial charge < -0.3 is 4.74 Å². The standard InChI is InChI=1S/C12H7BrClNO2/c13-10-6-9(14)3-4-11(10)17-12-8(7-16)2-1-5-15-12/h1-7H. The minimum atomic E-state index is 0.269. The first-order valence-corrected chi connectivity index (χ1v) is 5.91. The van der Waals surface area contributed by atoms with Crippen molar-refractivity contribution >= 4 is 33.8 Å². The molecule has 0 saturated heterocycles. The number of ether oxygens (including phenoxy) is 1. The fourth-order valence-electron chi connectivity index (χ4n) is 1.24. The molecule has 0 bridgehead atoms. The van der Waals surface area contributed by atoms with Crippen molar-refractivity contribution in [3.8, 4) is 11.6 Å². The molecule has 1 heterocycles. The summed E-state index contributed by atoms with van der Waals surface area (Å²) in [5.41, 5.74) is 0.398. The van der Waals surface area contributed by atoms with E-state index in [-0.39, 0.29) is 5.88 Å². The van der Waals surface area contributed by atoms with Crippen LogP contribution in [0.15, 0.2) is 41.0 Å². The van der Waals surface area contributed by atoms with Crippen LogP contribution in [0.5, 0.6) is 11.6 Å². The average molecular weight is 313 g/mol. The van der Waals surface area contributed by atoms with E-state index in [1.807, 2.05) is 0 Å². The zero-order valence-electron chi connectivity index (χ0n) is 8.56. The first-order chi connectivity index (χ1) is 8.20. The molecule has 86 valence electrons. The average Bonchev–Trinajstić information content (AvgIpc) is 2.33. The maximum atomic E-state index is 10.8. The third-order valence-electron chi connectivity index (χ3n) is 2.03. The summed E-state index contributed by atoms with van der Waals surface area (Å²) in [6.45, 7) is 0. The lowest BCUT2D eigenvalue weighted by atomic mass is 10.3. The minimum absolute atomic E-state index is 0.269. The van der Waals surface area contributed by atoms with Gasteiger partial charge >= 0.3 is 0 Å². The third-order valence-corrected chi connectivity index (χ3v) is 2.88. The smallest absolute Gasteiger partial charge is 0.229 e. The van der Waals surface area contributed by atoms with Crippen LogP contribution >= 0.6 is 27.5 Å². The number of rotatable bonds is 3. The number of halogens is 2. The number of carbonyl (C=O) groups is 1. The van der Waals surface area contributed by atoms with Crippen molar-refractivity contribution < 1.29 is 9.53 Å². The van der Waals surface area contributed by atoms with Gasteiger partial charge in [0.15, 0.2) is 6.29 Å². The van der Waals surface area contributed by atoms with Gasteiger partial charge in [0.1, 0.15) is 5.75 Å². The number of aldehydes is 1. The van der Waals surface area contributed by atoms with Gasteiger partial charge in [-0.05, 0) is 46.3 Å². The van der Waals surface area contributed by atoms with Gasteiger partial charge in [-0.25, -0.2) is 4.98 Å². The van der Waals surface area contributed by atoms with E-state index in [0.29, 0.717) is 27.1 Å². The van der Waals surface area contributed by atoms with Gasteiger partial charge in [0, 0.05) is 11.2 Å². The molecule has 1 aromatic carbocycles. The highest BCUT2D eigenvalue weighted by Crippen LogP contribution is 2.31. The van der Waals surface area contributed by atoms with Crippen LogP contribution in [-0.4, -0.2) is 11.3 Å². The summed E-state index contributed by atoms with van der Waals surface area (Å²) in [6, 6.07) is 8.42. The van der Waals surface area contributed by atoms with Crippen molar-refractivity contribution in [1.29, 1.82) is 0 Å². The van der Waals surface area contributed by atoms with Crippen LogP contribution < -0.4 is 4.74 Å². The van der Waals surface area contributed by atoms with Crippen molar-refractivity contribution in [1.82, 2.24) is 4.98 Å². The Bertz CT molecular complexity index is 560. The molecule has 0 saturated carbocycles. The Hall–Kier alpha value is -1.39. The molecule has 5 heteroatoms.